The van der Waals surface area contributed by atoms with E-state index in [1.807, 2.05) is 12.1 Å². The van der Waals surface area contributed by atoms with E-state index in [0.717, 1.165) is 6.08 Å². The summed E-state index contributed by atoms with van der Waals surface area (Å²) < 4.78 is 14.5. The Balaban J connectivity index is 2.38. The third-order valence-corrected chi connectivity index (χ3v) is 8.96. The predicted molar refractivity (Wildman–Crippen MR) is 128 cm³/mol. The van der Waals surface area contributed by atoms with Crippen LogP contribution < -0.4 is 15.7 Å². The van der Waals surface area contributed by atoms with Crippen molar-refractivity contribution < 1.29 is 19.1 Å². The van der Waals surface area contributed by atoms with Crippen LogP contribution in [0.25, 0.3) is 5.57 Å². The summed E-state index contributed by atoms with van der Waals surface area (Å²) in [5.41, 5.74) is 1.41. The highest BCUT2D eigenvalue weighted by atomic mass is 28.3. The van der Waals surface area contributed by atoms with Crippen molar-refractivity contribution in [1.82, 2.24) is 0 Å². The van der Waals surface area contributed by atoms with E-state index in [1.165, 1.54) is 29.4 Å². The second kappa shape index (κ2) is 8.69. The summed E-state index contributed by atoms with van der Waals surface area (Å²) >= 11 is 0. The van der Waals surface area contributed by atoms with Crippen molar-refractivity contribution in [2.45, 2.75) is 46.2 Å². The van der Waals surface area contributed by atoms with Crippen LogP contribution in [-0.2, 0) is 4.79 Å². The van der Waals surface area contributed by atoms with Crippen molar-refractivity contribution in [3.8, 4) is 0 Å². The Hall–Kier alpha value is -2.52. The molecule has 4 nitrogen and oxygen atoms in total. The minimum Gasteiger partial charge on any atom is -0.478 e. The molecule has 0 aliphatic heterocycles. The Kier molecular flexibility index (Phi) is 6.88. The molecular formula is C23H30FNO3Si2. The fourth-order valence-electron chi connectivity index (χ4n) is 3.00. The van der Waals surface area contributed by atoms with Gasteiger partial charge in [0, 0.05) is 22.9 Å². The number of benzene rings is 2. The van der Waals surface area contributed by atoms with Gasteiger partial charge in [-0.25, -0.2) is 9.18 Å². The minimum absolute atomic E-state index is 0.192. The van der Waals surface area contributed by atoms with Crippen molar-refractivity contribution in [2.75, 3.05) is 5.32 Å². The van der Waals surface area contributed by atoms with Gasteiger partial charge in [-0.15, -0.1) is 0 Å². The molecule has 0 bridgehead atoms. The zero-order valence-corrected chi connectivity index (χ0v) is 20.7. The van der Waals surface area contributed by atoms with E-state index in [1.54, 1.807) is 6.07 Å². The molecule has 7 heteroatoms. The van der Waals surface area contributed by atoms with Gasteiger partial charge in [0.2, 0.25) is 0 Å². The summed E-state index contributed by atoms with van der Waals surface area (Å²) in [6.45, 7) is 15.0. The van der Waals surface area contributed by atoms with E-state index in [2.05, 4.69) is 50.7 Å². The number of carbonyl (C=O) groups excluding carboxylic acids is 1. The standard InChI is InChI=1S/C23H30FNO3Si2/c1-15(10-22(26)27)20-9-8-17(13-21(20)24)25-23(28)16-11-18(29(2,3)4)14-19(12-16)30(5,6)7/h8-14H,1-7H3,(H,25,28)(H,26,27)/b15-10-. The maximum absolute atomic E-state index is 14.5. The number of aliphatic carboxylic acids is 1. The number of nitrogens with one attached hydrogen (secondary N) is 1. The summed E-state index contributed by atoms with van der Waals surface area (Å²) in [5, 5.41) is 14.1. The van der Waals surface area contributed by atoms with Gasteiger partial charge < -0.3 is 10.4 Å². The first-order valence-corrected chi connectivity index (χ1v) is 16.9. The highest BCUT2D eigenvalue weighted by Gasteiger charge is 2.24. The maximum Gasteiger partial charge on any atom is 0.328 e. The number of carbonyl (C=O) groups is 2. The lowest BCUT2D eigenvalue weighted by Crippen LogP contribution is -2.46. The highest BCUT2D eigenvalue weighted by Crippen LogP contribution is 2.22. The van der Waals surface area contributed by atoms with E-state index < -0.39 is 27.9 Å². The van der Waals surface area contributed by atoms with Crippen molar-refractivity contribution in [3.05, 3.63) is 59.4 Å². The SMILES string of the molecule is C/C(=C/C(=O)O)c1ccc(NC(=O)c2cc([Si](C)(C)C)cc([Si](C)(C)C)c2)cc1F. The zero-order valence-electron chi connectivity index (χ0n) is 18.7. The molecule has 0 aromatic heterocycles. The predicted octanol–water partition coefficient (Wildman–Crippen LogP) is 4.66. The molecule has 0 aliphatic rings. The minimum atomic E-state index is -1.63. The molecule has 0 aliphatic carbocycles. The Bertz CT molecular complexity index is 986. The van der Waals surface area contributed by atoms with Crippen LogP contribution in [0.15, 0.2) is 42.5 Å². The second-order valence-electron chi connectivity index (χ2n) is 9.61. The van der Waals surface area contributed by atoms with E-state index in [0.29, 0.717) is 16.8 Å². The molecule has 160 valence electrons. The van der Waals surface area contributed by atoms with E-state index in [-0.39, 0.29) is 11.5 Å². The molecule has 2 aromatic carbocycles. The average molecular weight is 444 g/mol. The first kappa shape index (κ1) is 23.8. The van der Waals surface area contributed by atoms with Gasteiger partial charge in [0.15, 0.2) is 0 Å². The summed E-state index contributed by atoms with van der Waals surface area (Å²) in [6, 6.07) is 10.4. The number of carboxylic acid groups (broad SMARTS) is 1. The van der Waals surface area contributed by atoms with Gasteiger partial charge in [-0.3, -0.25) is 4.79 Å². The van der Waals surface area contributed by atoms with Crippen LogP contribution >= 0.6 is 0 Å². The third kappa shape index (κ3) is 5.99. The van der Waals surface area contributed by atoms with Gasteiger partial charge in [-0.2, -0.15) is 0 Å². The number of carboxylic acids is 1. The van der Waals surface area contributed by atoms with E-state index in [4.69, 9.17) is 5.11 Å². The Labute approximate surface area is 179 Å². The van der Waals surface area contributed by atoms with Crippen LogP contribution in [0.1, 0.15) is 22.8 Å². The van der Waals surface area contributed by atoms with Crippen LogP contribution in [0.2, 0.25) is 39.3 Å². The number of rotatable bonds is 6. The lowest BCUT2D eigenvalue weighted by atomic mass is 10.1. The molecule has 0 spiro atoms. The third-order valence-electron chi connectivity index (χ3n) is 4.92. The van der Waals surface area contributed by atoms with Crippen LogP contribution in [0.3, 0.4) is 0 Å². The molecule has 0 saturated carbocycles. The molecule has 0 radical (unpaired) electrons. The van der Waals surface area contributed by atoms with Crippen LogP contribution in [0.5, 0.6) is 0 Å². The van der Waals surface area contributed by atoms with Crippen molar-refractivity contribution in [2.24, 2.45) is 0 Å². The fourth-order valence-corrected chi connectivity index (χ4v) is 5.50. The molecule has 0 fully saturated rings. The van der Waals surface area contributed by atoms with Gasteiger partial charge in [-0.05, 0) is 30.7 Å². The van der Waals surface area contributed by atoms with E-state index in [9.17, 15) is 14.0 Å². The molecule has 2 N–H and O–H groups in total. The molecule has 1 amide bonds. The Morgan fingerprint density at radius 2 is 1.47 bits per heavy atom. The van der Waals surface area contributed by atoms with Crippen LogP contribution in [0.4, 0.5) is 10.1 Å². The van der Waals surface area contributed by atoms with Crippen molar-refractivity contribution >= 4 is 49.7 Å². The molecule has 0 saturated heterocycles. The number of amides is 1. The lowest BCUT2D eigenvalue weighted by molar-refractivity contribution is -0.131. The van der Waals surface area contributed by atoms with Crippen molar-refractivity contribution in [1.29, 1.82) is 0 Å². The van der Waals surface area contributed by atoms with Crippen molar-refractivity contribution in [3.63, 3.8) is 0 Å². The topological polar surface area (TPSA) is 66.4 Å². The van der Waals surface area contributed by atoms with Crippen LogP contribution in [0, 0.1) is 5.82 Å². The smallest absolute Gasteiger partial charge is 0.328 e. The monoisotopic (exact) mass is 443 g/mol. The number of hydrogen-bond donors (Lipinski definition) is 2. The van der Waals surface area contributed by atoms with Gasteiger partial charge in [0.1, 0.15) is 5.82 Å². The Morgan fingerprint density at radius 1 is 0.933 bits per heavy atom. The Morgan fingerprint density at radius 3 is 1.90 bits per heavy atom. The van der Waals surface area contributed by atoms with E-state index >= 15 is 0 Å². The second-order valence-corrected chi connectivity index (χ2v) is 19.8. The average Bonchev–Trinajstić information content (AvgIpc) is 2.59. The number of halogens is 1. The largest absolute Gasteiger partial charge is 0.478 e. The number of anilines is 1. The fraction of sp³-hybridized carbons (Fsp3) is 0.304. The van der Waals surface area contributed by atoms with Gasteiger partial charge in [0.25, 0.3) is 5.91 Å². The molecule has 30 heavy (non-hydrogen) atoms. The molecule has 0 heterocycles. The molecule has 0 unspecified atom stereocenters. The van der Waals surface area contributed by atoms with Gasteiger partial charge in [-0.1, -0.05) is 67.9 Å². The van der Waals surface area contributed by atoms with Crippen LogP contribution in [-0.4, -0.2) is 33.1 Å². The zero-order chi connectivity index (χ0) is 22.9. The van der Waals surface area contributed by atoms with Gasteiger partial charge >= 0.3 is 5.97 Å². The molecule has 0 atom stereocenters. The highest BCUT2D eigenvalue weighted by molar-refractivity contribution is 6.91. The summed E-state index contributed by atoms with van der Waals surface area (Å²) in [4.78, 5) is 23.8. The summed E-state index contributed by atoms with van der Waals surface area (Å²) in [7, 11) is -3.25. The quantitative estimate of drug-likeness (QED) is 0.504. The lowest BCUT2D eigenvalue weighted by Gasteiger charge is -2.24. The van der Waals surface area contributed by atoms with Gasteiger partial charge in [0.05, 0.1) is 16.1 Å². The normalized spacial score (nSPS) is 12.6. The first-order valence-electron chi connectivity index (χ1n) is 9.87. The first-order chi connectivity index (χ1) is 13.7. The number of hydrogen-bond acceptors (Lipinski definition) is 2. The molecular weight excluding hydrogens is 413 g/mol. The summed E-state index contributed by atoms with van der Waals surface area (Å²) in [5.74, 6) is -1.99. The summed E-state index contributed by atoms with van der Waals surface area (Å²) in [6.07, 6.45) is 0.955. The molecule has 2 rings (SSSR count). The maximum atomic E-state index is 14.5. The number of allylic oxidation sites excluding steroid dienone is 1. The molecule has 2 aromatic rings.